The van der Waals surface area contributed by atoms with Gasteiger partial charge in [-0.3, -0.25) is 11.3 Å². The van der Waals surface area contributed by atoms with Crippen molar-refractivity contribution in [1.82, 2.24) is 5.43 Å². The quantitative estimate of drug-likeness (QED) is 0.476. The molecule has 0 spiro atoms. The Hall–Kier alpha value is -0.450. The van der Waals surface area contributed by atoms with Crippen LogP contribution in [0.2, 0.25) is 0 Å². The maximum absolute atomic E-state index is 13.3. The van der Waals surface area contributed by atoms with Crippen LogP contribution in [0.3, 0.4) is 0 Å². The van der Waals surface area contributed by atoms with Gasteiger partial charge in [0.15, 0.2) is 0 Å². The SMILES string of the molecule is CCCCCC(NN)c1ccc(Br)c(F)c1. The fourth-order valence-corrected chi connectivity index (χ4v) is 1.92. The molecule has 0 fully saturated rings. The summed E-state index contributed by atoms with van der Waals surface area (Å²) in [5.41, 5.74) is 3.64. The summed E-state index contributed by atoms with van der Waals surface area (Å²) < 4.78 is 13.8. The molecule has 3 N–H and O–H groups in total. The lowest BCUT2D eigenvalue weighted by Gasteiger charge is -2.16. The third-order valence-corrected chi connectivity index (χ3v) is 3.29. The second kappa shape index (κ2) is 6.99. The number of rotatable bonds is 6. The minimum absolute atomic E-state index is 0.0362. The topological polar surface area (TPSA) is 38.0 Å². The highest BCUT2D eigenvalue weighted by atomic mass is 79.9. The van der Waals surface area contributed by atoms with Crippen molar-refractivity contribution in [1.29, 1.82) is 0 Å². The molecule has 0 aliphatic heterocycles. The number of nitrogens with one attached hydrogen (secondary N) is 1. The van der Waals surface area contributed by atoms with Crippen molar-refractivity contribution in [2.45, 2.75) is 38.6 Å². The summed E-state index contributed by atoms with van der Waals surface area (Å²) >= 11 is 3.14. The minimum atomic E-state index is -0.242. The van der Waals surface area contributed by atoms with Crippen LogP contribution in [-0.4, -0.2) is 0 Å². The van der Waals surface area contributed by atoms with Crippen LogP contribution in [0, 0.1) is 5.82 Å². The lowest BCUT2D eigenvalue weighted by Crippen LogP contribution is -2.28. The van der Waals surface area contributed by atoms with E-state index in [0.29, 0.717) is 4.47 Å². The van der Waals surface area contributed by atoms with E-state index < -0.39 is 0 Å². The predicted octanol–water partition coefficient (Wildman–Crippen LogP) is 3.67. The average molecular weight is 289 g/mol. The summed E-state index contributed by atoms with van der Waals surface area (Å²) in [5.74, 6) is 5.25. The molecule has 1 aromatic carbocycles. The number of unbranched alkanes of at least 4 members (excludes halogenated alkanes) is 2. The van der Waals surface area contributed by atoms with Crippen molar-refractivity contribution >= 4 is 15.9 Å². The smallest absolute Gasteiger partial charge is 0.137 e. The van der Waals surface area contributed by atoms with Gasteiger partial charge in [0.05, 0.1) is 4.47 Å². The molecule has 1 unspecified atom stereocenters. The van der Waals surface area contributed by atoms with E-state index in [1.54, 1.807) is 6.07 Å². The van der Waals surface area contributed by atoms with Gasteiger partial charge in [0.1, 0.15) is 5.82 Å². The van der Waals surface area contributed by atoms with Crippen molar-refractivity contribution in [3.63, 3.8) is 0 Å². The second-order valence-electron chi connectivity index (χ2n) is 3.89. The van der Waals surface area contributed by atoms with E-state index in [9.17, 15) is 4.39 Å². The van der Waals surface area contributed by atoms with Gasteiger partial charge in [-0.15, -0.1) is 0 Å². The first-order valence-electron chi connectivity index (χ1n) is 5.60. The molecule has 0 saturated carbocycles. The Morgan fingerprint density at radius 1 is 1.44 bits per heavy atom. The maximum Gasteiger partial charge on any atom is 0.137 e. The van der Waals surface area contributed by atoms with Gasteiger partial charge >= 0.3 is 0 Å². The number of halogens is 2. The third-order valence-electron chi connectivity index (χ3n) is 2.64. The zero-order chi connectivity index (χ0) is 12.0. The molecular formula is C12H18BrFN2. The fraction of sp³-hybridized carbons (Fsp3) is 0.500. The first-order valence-corrected chi connectivity index (χ1v) is 6.39. The highest BCUT2D eigenvalue weighted by Crippen LogP contribution is 2.23. The van der Waals surface area contributed by atoms with Crippen LogP contribution >= 0.6 is 15.9 Å². The summed E-state index contributed by atoms with van der Waals surface area (Å²) in [4.78, 5) is 0. The van der Waals surface area contributed by atoms with E-state index >= 15 is 0 Å². The molecule has 0 bridgehead atoms. The molecule has 4 heteroatoms. The molecule has 0 aliphatic rings. The number of hydrogen-bond donors (Lipinski definition) is 2. The summed E-state index contributed by atoms with van der Waals surface area (Å²) in [7, 11) is 0. The molecule has 16 heavy (non-hydrogen) atoms. The van der Waals surface area contributed by atoms with Crippen molar-refractivity contribution < 1.29 is 4.39 Å². The molecule has 1 rings (SSSR count). The Morgan fingerprint density at radius 2 is 2.19 bits per heavy atom. The summed E-state index contributed by atoms with van der Waals surface area (Å²) in [6.07, 6.45) is 4.39. The van der Waals surface area contributed by atoms with Crippen LogP contribution in [0.5, 0.6) is 0 Å². The highest BCUT2D eigenvalue weighted by Gasteiger charge is 2.11. The molecule has 0 radical (unpaired) electrons. The summed E-state index contributed by atoms with van der Waals surface area (Å²) in [5, 5.41) is 0. The number of hydrogen-bond acceptors (Lipinski definition) is 2. The first-order chi connectivity index (χ1) is 7.69. The van der Waals surface area contributed by atoms with E-state index in [-0.39, 0.29) is 11.9 Å². The molecule has 0 aromatic heterocycles. The standard InChI is InChI=1S/C12H18BrFN2/c1-2-3-4-5-12(16-15)9-6-7-10(13)11(14)8-9/h6-8,12,16H,2-5,15H2,1H3. The van der Waals surface area contributed by atoms with Crippen molar-refractivity contribution in [2.24, 2.45) is 5.84 Å². The van der Waals surface area contributed by atoms with Crippen molar-refractivity contribution in [3.05, 3.63) is 34.1 Å². The van der Waals surface area contributed by atoms with Gasteiger partial charge in [-0.2, -0.15) is 0 Å². The van der Waals surface area contributed by atoms with Crippen LogP contribution in [0.1, 0.15) is 44.2 Å². The molecule has 0 heterocycles. The van der Waals surface area contributed by atoms with Crippen LogP contribution in [0.25, 0.3) is 0 Å². The lowest BCUT2D eigenvalue weighted by molar-refractivity contribution is 0.483. The number of hydrazine groups is 1. The van der Waals surface area contributed by atoms with Crippen LogP contribution < -0.4 is 11.3 Å². The van der Waals surface area contributed by atoms with Crippen LogP contribution in [-0.2, 0) is 0 Å². The van der Waals surface area contributed by atoms with Crippen LogP contribution in [0.15, 0.2) is 22.7 Å². The zero-order valence-corrected chi connectivity index (χ0v) is 11.1. The molecule has 0 amide bonds. The zero-order valence-electron chi connectivity index (χ0n) is 9.47. The molecule has 90 valence electrons. The molecule has 1 aromatic rings. The highest BCUT2D eigenvalue weighted by molar-refractivity contribution is 9.10. The Kier molecular flexibility index (Phi) is 5.95. The molecule has 0 aliphatic carbocycles. The fourth-order valence-electron chi connectivity index (χ4n) is 1.67. The van der Waals surface area contributed by atoms with Gasteiger partial charge < -0.3 is 0 Å². The van der Waals surface area contributed by atoms with Crippen LogP contribution in [0.4, 0.5) is 4.39 Å². The Balaban J connectivity index is 2.67. The van der Waals surface area contributed by atoms with Gasteiger partial charge in [-0.25, -0.2) is 4.39 Å². The van der Waals surface area contributed by atoms with Gasteiger partial charge in [-0.1, -0.05) is 32.3 Å². The van der Waals surface area contributed by atoms with Crippen molar-refractivity contribution in [2.75, 3.05) is 0 Å². The van der Waals surface area contributed by atoms with Gasteiger partial charge in [0, 0.05) is 6.04 Å². The van der Waals surface area contributed by atoms with E-state index in [0.717, 1.165) is 18.4 Å². The molecular weight excluding hydrogens is 271 g/mol. The lowest BCUT2D eigenvalue weighted by atomic mass is 10.0. The number of benzene rings is 1. The third kappa shape index (κ3) is 3.85. The second-order valence-corrected chi connectivity index (χ2v) is 4.74. The van der Waals surface area contributed by atoms with E-state index in [2.05, 4.69) is 28.3 Å². The molecule has 0 saturated heterocycles. The largest absolute Gasteiger partial charge is 0.271 e. The van der Waals surface area contributed by atoms with Crippen molar-refractivity contribution in [3.8, 4) is 0 Å². The Labute approximate surface area is 105 Å². The molecule has 2 nitrogen and oxygen atoms in total. The van der Waals surface area contributed by atoms with Gasteiger partial charge in [0.2, 0.25) is 0 Å². The van der Waals surface area contributed by atoms with Gasteiger partial charge in [-0.05, 0) is 40.0 Å². The predicted molar refractivity (Wildman–Crippen MR) is 68.3 cm³/mol. The van der Waals surface area contributed by atoms with Gasteiger partial charge in [0.25, 0.3) is 0 Å². The Bertz CT molecular complexity index is 331. The van der Waals surface area contributed by atoms with E-state index in [1.807, 2.05) is 6.07 Å². The molecule has 1 atom stereocenters. The summed E-state index contributed by atoms with van der Waals surface area (Å²) in [6.45, 7) is 2.16. The number of nitrogens with two attached hydrogens (primary N) is 1. The minimum Gasteiger partial charge on any atom is -0.271 e. The summed E-state index contributed by atoms with van der Waals surface area (Å²) in [6, 6.07) is 5.17. The van der Waals surface area contributed by atoms with E-state index in [4.69, 9.17) is 5.84 Å². The maximum atomic E-state index is 13.3. The monoisotopic (exact) mass is 288 g/mol. The normalized spacial score (nSPS) is 12.8. The average Bonchev–Trinajstić information content (AvgIpc) is 2.29. The van der Waals surface area contributed by atoms with E-state index in [1.165, 1.54) is 18.9 Å². The first kappa shape index (κ1) is 13.6. The Morgan fingerprint density at radius 3 is 2.75 bits per heavy atom.